The standard InChI is InChI=1S/C22H28N6/c1-16-5-8-20(9-6-16)17(2)13-26-22(23-4)27-15-19-7-10-21(25-14-19)28-12-11-24-18(28)3/h5-12,14,17H,13,15H2,1-4H3,(H2,23,26,27). The van der Waals surface area contributed by atoms with E-state index in [0.717, 1.165) is 29.7 Å². The summed E-state index contributed by atoms with van der Waals surface area (Å²) in [5, 5.41) is 6.75. The molecule has 3 aromatic rings. The monoisotopic (exact) mass is 376 g/mol. The lowest BCUT2D eigenvalue weighted by Crippen LogP contribution is -2.38. The van der Waals surface area contributed by atoms with Gasteiger partial charge >= 0.3 is 0 Å². The molecule has 0 spiro atoms. The van der Waals surface area contributed by atoms with Crippen molar-refractivity contribution in [1.82, 2.24) is 25.2 Å². The number of nitrogens with one attached hydrogen (secondary N) is 2. The highest BCUT2D eigenvalue weighted by Crippen LogP contribution is 2.14. The molecule has 0 amide bonds. The average Bonchev–Trinajstić information content (AvgIpc) is 3.15. The minimum atomic E-state index is 0.401. The number of aromatic nitrogens is 3. The number of hydrogen-bond donors (Lipinski definition) is 2. The molecular weight excluding hydrogens is 348 g/mol. The third kappa shape index (κ3) is 4.97. The summed E-state index contributed by atoms with van der Waals surface area (Å²) in [7, 11) is 1.79. The quantitative estimate of drug-likeness (QED) is 0.511. The van der Waals surface area contributed by atoms with Crippen molar-refractivity contribution in [2.75, 3.05) is 13.6 Å². The van der Waals surface area contributed by atoms with Gasteiger partial charge in [0.05, 0.1) is 0 Å². The second-order valence-electron chi connectivity index (χ2n) is 6.99. The van der Waals surface area contributed by atoms with E-state index < -0.39 is 0 Å². The van der Waals surface area contributed by atoms with Crippen molar-refractivity contribution in [3.8, 4) is 5.82 Å². The smallest absolute Gasteiger partial charge is 0.191 e. The van der Waals surface area contributed by atoms with Crippen molar-refractivity contribution >= 4 is 5.96 Å². The minimum absolute atomic E-state index is 0.401. The first-order chi connectivity index (χ1) is 13.6. The van der Waals surface area contributed by atoms with Crippen molar-refractivity contribution in [2.45, 2.75) is 33.2 Å². The molecule has 28 heavy (non-hydrogen) atoms. The van der Waals surface area contributed by atoms with Gasteiger partial charge < -0.3 is 10.6 Å². The molecule has 0 aliphatic heterocycles. The number of imidazole rings is 1. The van der Waals surface area contributed by atoms with Gasteiger partial charge in [-0.05, 0) is 37.0 Å². The van der Waals surface area contributed by atoms with E-state index in [-0.39, 0.29) is 0 Å². The van der Waals surface area contributed by atoms with Gasteiger partial charge in [-0.25, -0.2) is 9.97 Å². The third-order valence-corrected chi connectivity index (χ3v) is 4.79. The minimum Gasteiger partial charge on any atom is -0.356 e. The Labute approximate surface area is 166 Å². The molecule has 0 aliphatic rings. The van der Waals surface area contributed by atoms with Gasteiger partial charge in [-0.3, -0.25) is 9.56 Å². The van der Waals surface area contributed by atoms with Crippen LogP contribution in [0.5, 0.6) is 0 Å². The molecule has 2 N–H and O–H groups in total. The predicted molar refractivity (Wildman–Crippen MR) is 114 cm³/mol. The zero-order valence-electron chi connectivity index (χ0n) is 17.0. The SMILES string of the molecule is CN=C(NCc1ccc(-n2ccnc2C)nc1)NCC(C)c1ccc(C)cc1. The van der Waals surface area contributed by atoms with E-state index in [1.54, 1.807) is 13.2 Å². The number of pyridine rings is 1. The topological polar surface area (TPSA) is 67.1 Å². The Hall–Kier alpha value is -3.15. The molecule has 6 heteroatoms. The number of aliphatic imine (C=N–C) groups is 1. The third-order valence-electron chi connectivity index (χ3n) is 4.79. The van der Waals surface area contributed by atoms with E-state index in [1.807, 2.05) is 30.0 Å². The summed E-state index contributed by atoms with van der Waals surface area (Å²) >= 11 is 0. The largest absolute Gasteiger partial charge is 0.356 e. The van der Waals surface area contributed by atoms with Crippen molar-refractivity contribution in [3.63, 3.8) is 0 Å². The molecule has 0 saturated heterocycles. The van der Waals surface area contributed by atoms with Crippen LogP contribution in [0.4, 0.5) is 0 Å². The first kappa shape index (κ1) is 19.6. The molecule has 1 aromatic carbocycles. The van der Waals surface area contributed by atoms with E-state index in [1.165, 1.54) is 11.1 Å². The Kier molecular flexibility index (Phi) is 6.42. The molecule has 3 rings (SSSR count). The van der Waals surface area contributed by atoms with Crippen LogP contribution in [0.25, 0.3) is 5.82 Å². The van der Waals surface area contributed by atoms with E-state index in [4.69, 9.17) is 0 Å². The summed E-state index contributed by atoms with van der Waals surface area (Å²) in [5.41, 5.74) is 3.70. The predicted octanol–water partition coefficient (Wildman–Crippen LogP) is 3.35. The Balaban J connectivity index is 1.51. The van der Waals surface area contributed by atoms with Crippen LogP contribution in [-0.4, -0.2) is 34.1 Å². The summed E-state index contributed by atoms with van der Waals surface area (Å²) in [4.78, 5) is 13.1. The van der Waals surface area contributed by atoms with Crippen LogP contribution in [0.15, 0.2) is 60.0 Å². The number of rotatable bonds is 6. The lowest BCUT2D eigenvalue weighted by atomic mass is 10.0. The highest BCUT2D eigenvalue weighted by atomic mass is 15.2. The highest BCUT2D eigenvalue weighted by molar-refractivity contribution is 5.79. The summed E-state index contributed by atoms with van der Waals surface area (Å²) in [6, 6.07) is 12.8. The second-order valence-corrected chi connectivity index (χ2v) is 6.99. The Morgan fingerprint density at radius 3 is 2.46 bits per heavy atom. The Morgan fingerprint density at radius 1 is 1.07 bits per heavy atom. The van der Waals surface area contributed by atoms with Crippen LogP contribution in [-0.2, 0) is 6.54 Å². The van der Waals surface area contributed by atoms with Crippen LogP contribution in [0.1, 0.15) is 35.4 Å². The van der Waals surface area contributed by atoms with Crippen LogP contribution in [0.2, 0.25) is 0 Å². The maximum absolute atomic E-state index is 4.53. The van der Waals surface area contributed by atoms with Crippen LogP contribution in [0, 0.1) is 13.8 Å². The Bertz CT molecular complexity index is 909. The van der Waals surface area contributed by atoms with Crippen molar-refractivity contribution in [3.05, 3.63) is 77.5 Å². The fourth-order valence-corrected chi connectivity index (χ4v) is 2.95. The van der Waals surface area contributed by atoms with Gasteiger partial charge in [0.2, 0.25) is 0 Å². The molecule has 2 aromatic heterocycles. The van der Waals surface area contributed by atoms with Crippen molar-refractivity contribution < 1.29 is 0 Å². The van der Waals surface area contributed by atoms with Gasteiger partial charge in [-0.2, -0.15) is 0 Å². The van der Waals surface area contributed by atoms with Gasteiger partial charge in [0.25, 0.3) is 0 Å². The average molecular weight is 377 g/mol. The molecule has 6 nitrogen and oxygen atoms in total. The van der Waals surface area contributed by atoms with E-state index in [2.05, 4.69) is 69.8 Å². The lowest BCUT2D eigenvalue weighted by Gasteiger charge is -2.16. The zero-order valence-corrected chi connectivity index (χ0v) is 17.0. The normalized spacial score (nSPS) is 12.6. The Morgan fingerprint density at radius 2 is 1.86 bits per heavy atom. The molecular formula is C22H28N6. The van der Waals surface area contributed by atoms with Crippen molar-refractivity contribution in [2.24, 2.45) is 4.99 Å². The lowest BCUT2D eigenvalue weighted by molar-refractivity contribution is 0.698. The van der Waals surface area contributed by atoms with Gasteiger partial charge in [0, 0.05) is 38.7 Å². The molecule has 1 unspecified atom stereocenters. The fraction of sp³-hybridized carbons (Fsp3) is 0.318. The number of hydrogen-bond acceptors (Lipinski definition) is 3. The van der Waals surface area contributed by atoms with Crippen molar-refractivity contribution in [1.29, 1.82) is 0 Å². The number of nitrogens with zero attached hydrogens (tertiary/aromatic N) is 4. The van der Waals surface area contributed by atoms with Crippen LogP contribution >= 0.6 is 0 Å². The summed E-state index contributed by atoms with van der Waals surface area (Å²) in [6.45, 7) is 7.77. The summed E-state index contributed by atoms with van der Waals surface area (Å²) in [5.74, 6) is 2.98. The van der Waals surface area contributed by atoms with Gasteiger partial charge in [-0.15, -0.1) is 0 Å². The van der Waals surface area contributed by atoms with E-state index >= 15 is 0 Å². The maximum Gasteiger partial charge on any atom is 0.191 e. The van der Waals surface area contributed by atoms with Gasteiger partial charge in [0.15, 0.2) is 5.96 Å². The highest BCUT2D eigenvalue weighted by Gasteiger charge is 2.07. The molecule has 0 fully saturated rings. The first-order valence-electron chi connectivity index (χ1n) is 9.53. The zero-order chi connectivity index (χ0) is 19.9. The van der Waals surface area contributed by atoms with E-state index in [9.17, 15) is 0 Å². The number of benzene rings is 1. The second kappa shape index (κ2) is 9.17. The van der Waals surface area contributed by atoms with E-state index in [0.29, 0.717) is 12.5 Å². The molecule has 0 aliphatic carbocycles. The van der Waals surface area contributed by atoms with Crippen LogP contribution < -0.4 is 10.6 Å². The summed E-state index contributed by atoms with van der Waals surface area (Å²) in [6.07, 6.45) is 5.57. The molecule has 0 saturated carbocycles. The molecule has 0 radical (unpaired) electrons. The number of guanidine groups is 1. The molecule has 146 valence electrons. The molecule has 2 heterocycles. The van der Waals surface area contributed by atoms with Gasteiger partial charge in [0.1, 0.15) is 11.6 Å². The molecule has 1 atom stereocenters. The first-order valence-corrected chi connectivity index (χ1v) is 9.53. The molecule has 0 bridgehead atoms. The maximum atomic E-state index is 4.53. The summed E-state index contributed by atoms with van der Waals surface area (Å²) < 4.78 is 1.96. The van der Waals surface area contributed by atoms with Crippen LogP contribution in [0.3, 0.4) is 0 Å². The number of aryl methyl sites for hydroxylation is 2. The van der Waals surface area contributed by atoms with Gasteiger partial charge in [-0.1, -0.05) is 42.8 Å². The fourth-order valence-electron chi connectivity index (χ4n) is 2.95.